The van der Waals surface area contributed by atoms with Crippen LogP contribution in [0.3, 0.4) is 0 Å². The lowest BCUT2D eigenvalue weighted by Crippen LogP contribution is -2.76. The van der Waals surface area contributed by atoms with Gasteiger partial charge in [0.25, 0.3) is 0 Å². The molecule has 3 aromatic rings. The molecule has 9 aliphatic rings. The summed E-state index contributed by atoms with van der Waals surface area (Å²) in [4.78, 5) is 58.6. The van der Waals surface area contributed by atoms with E-state index in [1.54, 1.807) is 12.1 Å². The van der Waals surface area contributed by atoms with Gasteiger partial charge in [-0.2, -0.15) is 0 Å². The Bertz CT molecular complexity index is 2750. The summed E-state index contributed by atoms with van der Waals surface area (Å²) in [7, 11) is 0. The normalized spacial score (nSPS) is 34.1. The highest BCUT2D eigenvalue weighted by atomic mass is 16.6. The molecule has 6 aliphatic carbocycles. The highest BCUT2D eigenvalue weighted by Gasteiger charge is 2.73. The monoisotopic (exact) mass is 906 g/mol. The molecule has 12 nitrogen and oxygen atoms in total. The van der Waals surface area contributed by atoms with E-state index in [-0.39, 0.29) is 68.1 Å². The number of hydrogen-bond donors (Lipinski definition) is 3. The van der Waals surface area contributed by atoms with Crippen molar-refractivity contribution < 1.29 is 48.7 Å². The lowest BCUT2D eigenvalue weighted by atomic mass is 9.48. The summed E-state index contributed by atoms with van der Waals surface area (Å²) in [6.45, 7) is 3.25. The summed E-state index contributed by atoms with van der Waals surface area (Å²) in [6.07, 6.45) is 15.4. The minimum Gasteiger partial charge on any atom is -0.477 e. The zero-order valence-electron chi connectivity index (χ0n) is 37.8. The summed E-state index contributed by atoms with van der Waals surface area (Å²) in [5.41, 5.74) is 0.0295. The fraction of sp³-hybridized carbons (Fsp3) is 0.527. The Kier molecular flexibility index (Phi) is 10.1. The Morgan fingerprint density at radius 2 is 1.40 bits per heavy atom. The van der Waals surface area contributed by atoms with Gasteiger partial charge in [-0.05, 0) is 134 Å². The van der Waals surface area contributed by atoms with Gasteiger partial charge >= 0.3 is 11.9 Å². The van der Waals surface area contributed by atoms with Crippen molar-refractivity contribution in [2.24, 2.45) is 17.3 Å². The maximum absolute atomic E-state index is 13.9. The van der Waals surface area contributed by atoms with E-state index in [4.69, 9.17) is 20.6 Å². The number of carbonyl (C=O) groups is 4. The topological polar surface area (TPSA) is 163 Å². The van der Waals surface area contributed by atoms with Crippen molar-refractivity contribution in [3.05, 3.63) is 94.1 Å². The van der Waals surface area contributed by atoms with Crippen molar-refractivity contribution in [3.8, 4) is 23.8 Å². The molecule has 1 spiro atoms. The van der Waals surface area contributed by atoms with E-state index in [0.717, 1.165) is 58.2 Å². The van der Waals surface area contributed by atoms with Crippen LogP contribution in [0.15, 0.2) is 71.8 Å². The second-order valence-electron chi connectivity index (χ2n) is 21.3. The molecule has 0 unspecified atom stereocenters. The number of Topliss-reactive ketones (excluding diaryl/α,β-unsaturated/α-hetero) is 2. The lowest BCUT2D eigenvalue weighted by molar-refractivity contribution is -0.217. The molecule has 4 bridgehead atoms. The molecule has 3 aromatic carbocycles. The first-order chi connectivity index (χ1) is 32.4. The second-order valence-corrected chi connectivity index (χ2v) is 21.3. The van der Waals surface area contributed by atoms with Crippen molar-refractivity contribution in [2.75, 3.05) is 32.8 Å². The van der Waals surface area contributed by atoms with Gasteiger partial charge < -0.3 is 29.5 Å². The summed E-state index contributed by atoms with van der Waals surface area (Å²) < 4.78 is 18.4. The van der Waals surface area contributed by atoms with Crippen LogP contribution in [0.1, 0.15) is 92.9 Å². The van der Waals surface area contributed by atoms with Crippen molar-refractivity contribution in [1.29, 1.82) is 0 Å². The Morgan fingerprint density at radius 1 is 0.791 bits per heavy atom. The molecule has 348 valence electrons. The van der Waals surface area contributed by atoms with Crippen LogP contribution in [0.2, 0.25) is 0 Å². The molecule has 0 radical (unpaired) electrons. The number of aliphatic hydroxyl groups is 3. The number of rotatable bonds is 12. The quantitative estimate of drug-likeness (QED) is 0.127. The number of ether oxygens (including phenoxy) is 3. The number of terminal acetylenes is 1. The summed E-state index contributed by atoms with van der Waals surface area (Å²) in [5, 5.41) is 38.1. The Balaban J connectivity index is 0.737. The summed E-state index contributed by atoms with van der Waals surface area (Å²) in [5.74, 6) is 3.47. The van der Waals surface area contributed by atoms with E-state index in [2.05, 4.69) is 15.7 Å². The number of hydrogen-bond acceptors (Lipinski definition) is 12. The number of fused-ring (bicyclic) bond motifs is 1. The van der Waals surface area contributed by atoms with Gasteiger partial charge in [0, 0.05) is 49.2 Å². The number of benzene rings is 3. The Labute approximate surface area is 390 Å². The lowest BCUT2D eigenvalue weighted by Gasteiger charge is -2.64. The van der Waals surface area contributed by atoms with Crippen LogP contribution in [0.5, 0.6) is 11.5 Å². The zero-order chi connectivity index (χ0) is 46.0. The molecule has 3 N–H and O–H groups in total. The molecule has 6 fully saturated rings. The first kappa shape index (κ1) is 43.1. The molecule has 2 saturated heterocycles. The van der Waals surface area contributed by atoms with Crippen LogP contribution in [-0.4, -0.2) is 117 Å². The minimum atomic E-state index is -1.39. The predicted molar refractivity (Wildman–Crippen MR) is 246 cm³/mol. The van der Waals surface area contributed by atoms with Crippen LogP contribution >= 0.6 is 0 Å². The van der Waals surface area contributed by atoms with E-state index in [9.17, 15) is 34.5 Å². The molecule has 4 saturated carbocycles. The maximum Gasteiger partial charge on any atom is 0.315 e. The van der Waals surface area contributed by atoms with Crippen molar-refractivity contribution in [3.63, 3.8) is 0 Å². The number of carbonyl (C=O) groups excluding carboxylic acids is 4. The fourth-order valence-electron chi connectivity index (χ4n) is 14.3. The van der Waals surface area contributed by atoms with Gasteiger partial charge in [0.2, 0.25) is 0 Å². The largest absolute Gasteiger partial charge is 0.477 e. The highest BCUT2D eigenvalue weighted by molar-refractivity contribution is 5.94. The fourth-order valence-corrected chi connectivity index (χ4v) is 14.3. The molecule has 12 heteroatoms. The molecular weight excluding hydrogens is 849 g/mol. The number of esters is 2. The summed E-state index contributed by atoms with van der Waals surface area (Å²) >= 11 is 0. The van der Waals surface area contributed by atoms with Gasteiger partial charge in [0.15, 0.2) is 29.2 Å². The number of allylic oxidation sites excluding steroid dienone is 1. The smallest absolute Gasteiger partial charge is 0.315 e. The molecule has 0 amide bonds. The third kappa shape index (κ3) is 6.44. The predicted octanol–water partition coefficient (Wildman–Crippen LogP) is 5.02. The van der Waals surface area contributed by atoms with Crippen LogP contribution in [0, 0.1) is 29.6 Å². The van der Waals surface area contributed by atoms with Gasteiger partial charge in [0.05, 0.1) is 34.9 Å². The second kappa shape index (κ2) is 15.7. The number of piperidine rings is 2. The third-order valence-corrected chi connectivity index (χ3v) is 17.8. The SMILES string of the molecule is C#CC1=C(/C=C\COC(=O)Cc2cccc3c(CC(=O)Oc4ccc5c6c4O[C@H]4C(=O)CC[C@@]7(O)[C@@H](C5)N(CC5CC5)CC[C@]647)cccc23)C[C@H]2N(CC3CC3)CC[C@@]13[C@@H](O)C(=O)CC[C@@]23O. The van der Waals surface area contributed by atoms with Crippen LogP contribution in [-0.2, 0) is 48.6 Å². The number of ketones is 2. The first-order valence-corrected chi connectivity index (χ1v) is 24.6. The van der Waals surface area contributed by atoms with Crippen molar-refractivity contribution >= 4 is 34.3 Å². The van der Waals surface area contributed by atoms with Crippen LogP contribution < -0.4 is 9.47 Å². The van der Waals surface area contributed by atoms with Crippen molar-refractivity contribution in [1.82, 2.24) is 9.80 Å². The van der Waals surface area contributed by atoms with Gasteiger partial charge in [-0.3, -0.25) is 29.0 Å². The Hall–Kier alpha value is -5.16. The molecule has 67 heavy (non-hydrogen) atoms. The van der Waals surface area contributed by atoms with Crippen LogP contribution in [0.4, 0.5) is 0 Å². The van der Waals surface area contributed by atoms with Gasteiger partial charge in [-0.25, -0.2) is 0 Å². The zero-order valence-corrected chi connectivity index (χ0v) is 37.8. The number of nitrogens with zero attached hydrogens (tertiary/aromatic N) is 2. The van der Waals surface area contributed by atoms with Gasteiger partial charge in [0.1, 0.15) is 12.7 Å². The number of likely N-dealkylation sites (tertiary alicyclic amines) is 2. The molecule has 3 heterocycles. The molecular formula is C55H58N2O10. The standard InChI is InChI=1S/C55H58N2O10/c1-2-40-36(26-44-54(63)19-17-41(58)50(62)52(40,54)21-23-56(44)30-32-11-12-32)8-5-25-65-46(60)28-34-6-3-10-39-35(7-4-9-38(34)39)29-47(61)66-43-16-15-37-27-45-55(64)20-18-42(59)51-53(55,48(37)49(43)67-51)22-24-57(45)31-33-13-14-33/h1,3-10,15-16,32-33,44-45,50-51,62-64H,11-14,17-31H2/b8-5-/t44-,45-,50+,51+,52+,53+,54-,55-/m1/s1. The molecule has 8 atom stereocenters. The van der Waals surface area contributed by atoms with E-state index in [0.29, 0.717) is 61.8 Å². The van der Waals surface area contributed by atoms with Gasteiger partial charge in [-0.1, -0.05) is 54.5 Å². The molecule has 0 aromatic heterocycles. The maximum atomic E-state index is 13.9. The molecule has 3 aliphatic heterocycles. The van der Waals surface area contributed by atoms with E-state index in [1.165, 1.54) is 25.7 Å². The third-order valence-electron chi connectivity index (χ3n) is 17.8. The number of aliphatic hydroxyl groups excluding tert-OH is 1. The van der Waals surface area contributed by atoms with E-state index >= 15 is 0 Å². The van der Waals surface area contributed by atoms with Gasteiger partial charge in [-0.15, -0.1) is 6.42 Å². The van der Waals surface area contributed by atoms with E-state index < -0.39 is 46.2 Å². The summed E-state index contributed by atoms with van der Waals surface area (Å²) in [6, 6.07) is 14.6. The minimum absolute atomic E-state index is 0.0109. The molecule has 12 rings (SSSR count). The first-order valence-electron chi connectivity index (χ1n) is 24.6. The Morgan fingerprint density at radius 3 is 2.06 bits per heavy atom. The van der Waals surface area contributed by atoms with Crippen LogP contribution in [0.25, 0.3) is 10.8 Å². The highest BCUT2D eigenvalue weighted by Crippen LogP contribution is 2.65. The average molecular weight is 907 g/mol. The van der Waals surface area contributed by atoms with E-state index in [1.807, 2.05) is 48.5 Å². The van der Waals surface area contributed by atoms with Crippen molar-refractivity contribution in [2.45, 2.75) is 131 Å². The average Bonchev–Trinajstić information content (AvgIpc) is 4.26.